The Morgan fingerprint density at radius 2 is 2.09 bits per heavy atom. The highest BCUT2D eigenvalue weighted by Gasteiger charge is 2.08. The van der Waals surface area contributed by atoms with Gasteiger partial charge in [-0.25, -0.2) is 4.98 Å². The van der Waals surface area contributed by atoms with Crippen LogP contribution in [0.25, 0.3) is 16.9 Å². The quantitative estimate of drug-likeness (QED) is 0.703. The van der Waals surface area contributed by atoms with Gasteiger partial charge in [-0.1, -0.05) is 12.1 Å². The monoisotopic (exact) mass is 329 g/mol. The van der Waals surface area contributed by atoms with Crippen molar-refractivity contribution in [3.8, 4) is 11.3 Å². The number of hydrogen-bond acceptors (Lipinski definition) is 3. The first-order chi connectivity index (χ1) is 11.1. The summed E-state index contributed by atoms with van der Waals surface area (Å²) in [6.07, 6.45) is 3.49. The SMILES string of the molecule is Cc1ccn2cc(-c3ccc(C)c(NCC(O)CCl)c3)nc2c1. The maximum absolute atomic E-state index is 9.61. The first-order valence-corrected chi connectivity index (χ1v) is 8.14. The highest BCUT2D eigenvalue weighted by atomic mass is 35.5. The van der Waals surface area contributed by atoms with Crippen LogP contribution < -0.4 is 5.32 Å². The van der Waals surface area contributed by atoms with Crippen molar-refractivity contribution in [1.82, 2.24) is 9.38 Å². The van der Waals surface area contributed by atoms with Crippen molar-refractivity contribution in [2.45, 2.75) is 20.0 Å². The molecule has 0 spiro atoms. The Balaban J connectivity index is 1.92. The molecule has 1 aromatic carbocycles. The van der Waals surface area contributed by atoms with Gasteiger partial charge in [0, 0.05) is 30.2 Å². The standard InChI is InChI=1S/C18H20ClN3O/c1-12-5-6-22-11-17(21-18(22)7-12)14-4-3-13(2)16(8-14)20-10-15(23)9-19/h3-8,11,15,20,23H,9-10H2,1-2H3. The molecule has 0 radical (unpaired) electrons. The average Bonchev–Trinajstić information content (AvgIpc) is 2.96. The Bertz CT molecular complexity index is 828. The molecule has 0 fully saturated rings. The Labute approximate surface area is 140 Å². The van der Waals surface area contributed by atoms with E-state index in [0.29, 0.717) is 6.54 Å². The molecule has 2 N–H and O–H groups in total. The number of hydrogen-bond donors (Lipinski definition) is 2. The molecule has 1 atom stereocenters. The molecule has 120 valence electrons. The van der Waals surface area contributed by atoms with Crippen LogP contribution in [0.5, 0.6) is 0 Å². The van der Waals surface area contributed by atoms with Crippen LogP contribution in [0.4, 0.5) is 5.69 Å². The van der Waals surface area contributed by atoms with Crippen molar-refractivity contribution in [2.24, 2.45) is 0 Å². The molecule has 0 saturated heterocycles. The van der Waals surface area contributed by atoms with Crippen LogP contribution in [0, 0.1) is 13.8 Å². The third kappa shape index (κ3) is 3.49. The minimum Gasteiger partial charge on any atom is -0.390 e. The third-order valence-electron chi connectivity index (χ3n) is 3.86. The largest absolute Gasteiger partial charge is 0.390 e. The lowest BCUT2D eigenvalue weighted by molar-refractivity contribution is 0.211. The van der Waals surface area contributed by atoms with Crippen LogP contribution in [0.2, 0.25) is 0 Å². The summed E-state index contributed by atoms with van der Waals surface area (Å²) < 4.78 is 2.02. The molecule has 3 aromatic rings. The molecular weight excluding hydrogens is 310 g/mol. The van der Waals surface area contributed by atoms with Gasteiger partial charge >= 0.3 is 0 Å². The average molecular weight is 330 g/mol. The van der Waals surface area contributed by atoms with Gasteiger partial charge in [-0.2, -0.15) is 0 Å². The summed E-state index contributed by atoms with van der Waals surface area (Å²) in [5.74, 6) is 0.220. The van der Waals surface area contributed by atoms with E-state index in [1.54, 1.807) is 0 Å². The number of alkyl halides is 1. The molecule has 0 bridgehead atoms. The smallest absolute Gasteiger partial charge is 0.137 e. The highest BCUT2D eigenvalue weighted by Crippen LogP contribution is 2.25. The second kappa shape index (κ2) is 6.60. The number of rotatable bonds is 5. The number of aryl methyl sites for hydroxylation is 2. The molecule has 0 aliphatic carbocycles. The van der Waals surface area contributed by atoms with E-state index in [2.05, 4.69) is 42.6 Å². The number of aliphatic hydroxyl groups excluding tert-OH is 1. The predicted molar refractivity (Wildman–Crippen MR) is 95.3 cm³/mol. The summed E-state index contributed by atoms with van der Waals surface area (Å²) in [6, 6.07) is 10.3. The summed E-state index contributed by atoms with van der Waals surface area (Å²) in [5, 5.41) is 12.9. The maximum Gasteiger partial charge on any atom is 0.137 e. The zero-order valence-electron chi connectivity index (χ0n) is 13.3. The van der Waals surface area contributed by atoms with Crippen molar-refractivity contribution in [3.63, 3.8) is 0 Å². The number of anilines is 1. The number of halogens is 1. The minimum atomic E-state index is -0.558. The molecule has 23 heavy (non-hydrogen) atoms. The number of aromatic nitrogens is 2. The van der Waals surface area contributed by atoms with Crippen molar-refractivity contribution < 1.29 is 5.11 Å². The molecule has 3 rings (SSSR count). The molecule has 4 nitrogen and oxygen atoms in total. The van der Waals surface area contributed by atoms with Gasteiger partial charge in [0.25, 0.3) is 0 Å². The van der Waals surface area contributed by atoms with E-state index in [0.717, 1.165) is 28.2 Å². The van der Waals surface area contributed by atoms with Gasteiger partial charge in [0.2, 0.25) is 0 Å². The predicted octanol–water partition coefficient (Wildman–Crippen LogP) is 3.63. The van der Waals surface area contributed by atoms with Gasteiger partial charge in [0.15, 0.2) is 0 Å². The number of pyridine rings is 1. The number of benzene rings is 1. The fourth-order valence-corrected chi connectivity index (χ4v) is 2.59. The number of nitrogens with zero attached hydrogens (tertiary/aromatic N) is 2. The van der Waals surface area contributed by atoms with Gasteiger partial charge in [0.1, 0.15) is 5.65 Å². The van der Waals surface area contributed by atoms with Crippen molar-refractivity contribution in [1.29, 1.82) is 0 Å². The van der Waals surface area contributed by atoms with Crippen LogP contribution in [-0.4, -0.2) is 33.0 Å². The second-order valence-electron chi connectivity index (χ2n) is 5.81. The van der Waals surface area contributed by atoms with Gasteiger partial charge in [0.05, 0.1) is 17.7 Å². The van der Waals surface area contributed by atoms with Crippen molar-refractivity contribution >= 4 is 22.9 Å². The van der Waals surface area contributed by atoms with E-state index in [1.165, 1.54) is 5.56 Å². The molecule has 0 amide bonds. The van der Waals surface area contributed by atoms with Gasteiger partial charge in [-0.05, 0) is 43.2 Å². The van der Waals surface area contributed by atoms with E-state index in [4.69, 9.17) is 16.6 Å². The zero-order valence-corrected chi connectivity index (χ0v) is 14.0. The molecule has 0 aliphatic heterocycles. The van der Waals surface area contributed by atoms with E-state index >= 15 is 0 Å². The summed E-state index contributed by atoms with van der Waals surface area (Å²) >= 11 is 5.64. The van der Waals surface area contributed by atoms with Crippen LogP contribution in [0.15, 0.2) is 42.7 Å². The number of fused-ring (bicyclic) bond motifs is 1. The number of nitrogens with one attached hydrogen (secondary N) is 1. The topological polar surface area (TPSA) is 49.6 Å². The Morgan fingerprint density at radius 1 is 1.26 bits per heavy atom. The Morgan fingerprint density at radius 3 is 2.87 bits per heavy atom. The highest BCUT2D eigenvalue weighted by molar-refractivity contribution is 6.18. The van der Waals surface area contributed by atoms with Gasteiger partial charge in [-0.15, -0.1) is 11.6 Å². The van der Waals surface area contributed by atoms with Crippen LogP contribution >= 0.6 is 11.6 Å². The van der Waals surface area contributed by atoms with Crippen molar-refractivity contribution in [3.05, 3.63) is 53.9 Å². The molecule has 2 aromatic heterocycles. The Hall–Kier alpha value is -2.04. The molecule has 1 unspecified atom stereocenters. The normalized spacial score (nSPS) is 12.5. The van der Waals surface area contributed by atoms with Gasteiger partial charge < -0.3 is 14.8 Å². The zero-order chi connectivity index (χ0) is 16.4. The maximum atomic E-state index is 9.61. The summed E-state index contributed by atoms with van der Waals surface area (Å²) in [7, 11) is 0. The van der Waals surface area contributed by atoms with E-state index in [9.17, 15) is 5.11 Å². The second-order valence-corrected chi connectivity index (χ2v) is 6.12. The van der Waals surface area contributed by atoms with E-state index in [-0.39, 0.29) is 5.88 Å². The van der Waals surface area contributed by atoms with Crippen LogP contribution in [0.3, 0.4) is 0 Å². The first-order valence-electron chi connectivity index (χ1n) is 7.61. The van der Waals surface area contributed by atoms with Crippen molar-refractivity contribution in [2.75, 3.05) is 17.7 Å². The fourth-order valence-electron chi connectivity index (χ4n) is 2.48. The molecular formula is C18H20ClN3O. The fraction of sp³-hybridized carbons (Fsp3) is 0.278. The number of aliphatic hydroxyl groups is 1. The minimum absolute atomic E-state index is 0.220. The van der Waals surface area contributed by atoms with Crippen LogP contribution in [-0.2, 0) is 0 Å². The summed E-state index contributed by atoms with van der Waals surface area (Å²) in [4.78, 5) is 4.69. The van der Waals surface area contributed by atoms with Gasteiger partial charge in [-0.3, -0.25) is 0 Å². The number of imidazole rings is 1. The molecule has 0 saturated carbocycles. The lowest BCUT2D eigenvalue weighted by atomic mass is 10.1. The summed E-state index contributed by atoms with van der Waals surface area (Å²) in [6.45, 7) is 4.52. The third-order valence-corrected chi connectivity index (χ3v) is 4.21. The molecule has 0 aliphatic rings. The summed E-state index contributed by atoms with van der Waals surface area (Å²) in [5.41, 5.74) is 6.20. The van der Waals surface area contributed by atoms with E-state index < -0.39 is 6.10 Å². The Kier molecular flexibility index (Phi) is 4.55. The lowest BCUT2D eigenvalue weighted by Crippen LogP contribution is -2.21. The van der Waals surface area contributed by atoms with E-state index in [1.807, 2.05) is 23.7 Å². The van der Waals surface area contributed by atoms with Crippen LogP contribution in [0.1, 0.15) is 11.1 Å². The molecule has 5 heteroatoms. The lowest BCUT2D eigenvalue weighted by Gasteiger charge is -2.13. The molecule has 2 heterocycles. The first kappa shape index (κ1) is 15.8.